The number of sulfonamides is 1. The molecule has 2 aromatic carbocycles. The fourth-order valence-corrected chi connectivity index (χ4v) is 3.26. The summed E-state index contributed by atoms with van der Waals surface area (Å²) in [5, 5.41) is 2.74. The molecule has 0 aliphatic carbocycles. The molecule has 128 valence electrons. The number of benzene rings is 2. The summed E-state index contributed by atoms with van der Waals surface area (Å²) in [5.74, 6) is 0.446. The molecular formula is C17H20N2O4S. The van der Waals surface area contributed by atoms with Gasteiger partial charge in [-0.25, -0.2) is 13.1 Å². The first-order chi connectivity index (χ1) is 11.5. The molecule has 0 heterocycles. The van der Waals surface area contributed by atoms with E-state index in [2.05, 4.69) is 10.0 Å². The molecule has 2 N–H and O–H groups in total. The summed E-state index contributed by atoms with van der Waals surface area (Å²) in [5.41, 5.74) is 1.31. The van der Waals surface area contributed by atoms with Crippen LogP contribution in [0.15, 0.2) is 53.4 Å². The van der Waals surface area contributed by atoms with E-state index >= 15 is 0 Å². The number of amides is 1. The zero-order valence-electron chi connectivity index (χ0n) is 13.6. The van der Waals surface area contributed by atoms with E-state index in [0.717, 1.165) is 5.56 Å². The van der Waals surface area contributed by atoms with Crippen molar-refractivity contribution in [3.8, 4) is 5.75 Å². The van der Waals surface area contributed by atoms with Crippen molar-refractivity contribution in [2.24, 2.45) is 0 Å². The molecule has 0 spiro atoms. The second kappa shape index (κ2) is 7.94. The van der Waals surface area contributed by atoms with Crippen LogP contribution in [0.4, 0.5) is 5.69 Å². The molecular weight excluding hydrogens is 328 g/mol. The number of nitrogens with one attached hydrogen (secondary N) is 2. The molecule has 2 rings (SSSR count). The van der Waals surface area contributed by atoms with Crippen molar-refractivity contribution in [2.45, 2.75) is 18.2 Å². The van der Waals surface area contributed by atoms with Crippen LogP contribution in [-0.2, 0) is 21.2 Å². The zero-order valence-corrected chi connectivity index (χ0v) is 14.4. The Labute approximate surface area is 141 Å². The Bertz CT molecular complexity index is 802. The molecule has 0 aliphatic heterocycles. The van der Waals surface area contributed by atoms with Crippen LogP contribution < -0.4 is 14.8 Å². The highest BCUT2D eigenvalue weighted by atomic mass is 32.2. The van der Waals surface area contributed by atoms with Crippen molar-refractivity contribution >= 4 is 21.6 Å². The first-order valence-corrected chi connectivity index (χ1v) is 8.96. The maximum Gasteiger partial charge on any atom is 0.240 e. The summed E-state index contributed by atoms with van der Waals surface area (Å²) < 4.78 is 31.4. The fraction of sp³-hybridized carbons (Fsp3) is 0.235. The topological polar surface area (TPSA) is 84.5 Å². The molecule has 0 atom stereocenters. The lowest BCUT2D eigenvalue weighted by molar-refractivity contribution is -0.115. The molecule has 0 aromatic heterocycles. The third kappa shape index (κ3) is 4.56. The van der Waals surface area contributed by atoms with Gasteiger partial charge in [0.2, 0.25) is 15.9 Å². The van der Waals surface area contributed by atoms with Crippen molar-refractivity contribution < 1.29 is 17.9 Å². The van der Waals surface area contributed by atoms with Crippen LogP contribution in [-0.4, -0.2) is 28.0 Å². The smallest absolute Gasteiger partial charge is 0.240 e. The minimum Gasteiger partial charge on any atom is -0.496 e. The maximum atomic E-state index is 12.1. The summed E-state index contributed by atoms with van der Waals surface area (Å²) in [4.78, 5) is 12.3. The van der Waals surface area contributed by atoms with Crippen molar-refractivity contribution in [1.82, 2.24) is 4.72 Å². The van der Waals surface area contributed by atoms with E-state index in [1.165, 1.54) is 12.1 Å². The number of hydrogen-bond donors (Lipinski definition) is 2. The Morgan fingerprint density at radius 3 is 2.38 bits per heavy atom. The van der Waals surface area contributed by atoms with E-state index in [-0.39, 0.29) is 17.2 Å². The van der Waals surface area contributed by atoms with Crippen LogP contribution in [0, 0.1) is 0 Å². The molecule has 0 bridgehead atoms. The lowest BCUT2D eigenvalue weighted by Crippen LogP contribution is -2.23. The molecule has 24 heavy (non-hydrogen) atoms. The van der Waals surface area contributed by atoms with E-state index in [1.807, 2.05) is 18.2 Å². The minimum atomic E-state index is -3.49. The summed E-state index contributed by atoms with van der Waals surface area (Å²) in [6.07, 6.45) is 0.168. The Hall–Kier alpha value is -2.38. The number of rotatable bonds is 7. The normalized spacial score (nSPS) is 11.1. The first kappa shape index (κ1) is 18.0. The Kier molecular flexibility index (Phi) is 5.94. The number of methoxy groups -OCH3 is 1. The first-order valence-electron chi connectivity index (χ1n) is 7.47. The van der Waals surface area contributed by atoms with Gasteiger partial charge in [0, 0.05) is 17.8 Å². The molecule has 2 aromatic rings. The minimum absolute atomic E-state index is 0.159. The van der Waals surface area contributed by atoms with E-state index in [9.17, 15) is 13.2 Å². The molecule has 6 nitrogen and oxygen atoms in total. The highest BCUT2D eigenvalue weighted by Gasteiger charge is 2.13. The van der Waals surface area contributed by atoms with Crippen molar-refractivity contribution in [3.63, 3.8) is 0 Å². The number of anilines is 1. The Morgan fingerprint density at radius 2 is 1.75 bits per heavy atom. The maximum absolute atomic E-state index is 12.1. The third-order valence-electron chi connectivity index (χ3n) is 3.33. The fourth-order valence-electron chi connectivity index (χ4n) is 2.22. The van der Waals surface area contributed by atoms with Crippen LogP contribution in [0.3, 0.4) is 0 Å². The monoisotopic (exact) mass is 348 g/mol. The molecule has 0 aliphatic rings. The summed E-state index contributed by atoms with van der Waals surface area (Å²) in [6.45, 7) is 2.03. The highest BCUT2D eigenvalue weighted by molar-refractivity contribution is 7.89. The Morgan fingerprint density at radius 1 is 1.08 bits per heavy atom. The highest BCUT2D eigenvalue weighted by Crippen LogP contribution is 2.19. The van der Waals surface area contributed by atoms with Crippen LogP contribution in [0.5, 0.6) is 5.75 Å². The molecule has 7 heteroatoms. The van der Waals surface area contributed by atoms with Gasteiger partial charge in [0.1, 0.15) is 5.75 Å². The number of carbonyl (C=O) groups excluding carboxylic acids is 1. The van der Waals surface area contributed by atoms with E-state index in [0.29, 0.717) is 18.0 Å². The lowest BCUT2D eigenvalue weighted by Gasteiger charge is -2.10. The zero-order chi connectivity index (χ0) is 17.6. The van der Waals surface area contributed by atoms with E-state index < -0.39 is 10.0 Å². The number of para-hydroxylation sites is 1. The van der Waals surface area contributed by atoms with Crippen molar-refractivity contribution in [3.05, 3.63) is 54.1 Å². The standard InChI is InChI=1S/C17H20N2O4S/c1-3-18-24(21,22)15-10-8-14(9-11-15)19-17(20)12-13-6-4-5-7-16(13)23-2/h4-11,18H,3,12H2,1-2H3,(H,19,20). The molecule has 0 unspecified atom stereocenters. The van der Waals surface area contributed by atoms with E-state index in [1.54, 1.807) is 32.2 Å². The summed E-state index contributed by atoms with van der Waals surface area (Å²) >= 11 is 0. The molecule has 0 saturated heterocycles. The second-order valence-corrected chi connectivity index (χ2v) is 6.83. The van der Waals surface area contributed by atoms with Gasteiger partial charge < -0.3 is 10.1 Å². The predicted molar refractivity (Wildman–Crippen MR) is 92.6 cm³/mol. The average molecular weight is 348 g/mol. The number of ether oxygens (including phenoxy) is 1. The number of carbonyl (C=O) groups is 1. The van der Waals surface area contributed by atoms with Gasteiger partial charge in [-0.2, -0.15) is 0 Å². The Balaban J connectivity index is 2.05. The van der Waals surface area contributed by atoms with Gasteiger partial charge in [-0.1, -0.05) is 25.1 Å². The molecule has 1 amide bonds. The van der Waals surface area contributed by atoms with E-state index in [4.69, 9.17) is 4.74 Å². The van der Waals surface area contributed by atoms with Gasteiger partial charge in [-0.15, -0.1) is 0 Å². The third-order valence-corrected chi connectivity index (χ3v) is 4.89. The van der Waals surface area contributed by atoms with Crippen molar-refractivity contribution in [1.29, 1.82) is 0 Å². The van der Waals surface area contributed by atoms with Gasteiger partial charge in [0.05, 0.1) is 18.4 Å². The molecule has 0 fully saturated rings. The van der Waals surface area contributed by atoms with Crippen molar-refractivity contribution in [2.75, 3.05) is 19.0 Å². The lowest BCUT2D eigenvalue weighted by atomic mass is 10.1. The predicted octanol–water partition coefficient (Wildman–Crippen LogP) is 2.17. The van der Waals surface area contributed by atoms with Crippen LogP contribution in [0.1, 0.15) is 12.5 Å². The van der Waals surface area contributed by atoms with Crippen LogP contribution >= 0.6 is 0 Å². The van der Waals surface area contributed by atoms with Gasteiger partial charge >= 0.3 is 0 Å². The van der Waals surface area contributed by atoms with Gasteiger partial charge in [-0.3, -0.25) is 4.79 Å². The summed E-state index contributed by atoms with van der Waals surface area (Å²) in [6, 6.07) is 13.3. The largest absolute Gasteiger partial charge is 0.496 e. The van der Waals surface area contributed by atoms with Gasteiger partial charge in [0.15, 0.2) is 0 Å². The number of hydrogen-bond acceptors (Lipinski definition) is 4. The average Bonchev–Trinajstić information content (AvgIpc) is 2.55. The SMILES string of the molecule is CCNS(=O)(=O)c1ccc(NC(=O)Cc2ccccc2OC)cc1. The van der Waals surface area contributed by atoms with Gasteiger partial charge in [0.25, 0.3) is 0 Å². The molecule has 0 radical (unpaired) electrons. The van der Waals surface area contributed by atoms with Crippen LogP contribution in [0.2, 0.25) is 0 Å². The quantitative estimate of drug-likeness (QED) is 0.803. The second-order valence-electron chi connectivity index (χ2n) is 5.06. The summed E-state index contributed by atoms with van der Waals surface area (Å²) in [7, 11) is -1.94. The van der Waals surface area contributed by atoms with Gasteiger partial charge in [-0.05, 0) is 30.3 Å². The molecule has 0 saturated carbocycles. The van der Waals surface area contributed by atoms with Crippen LogP contribution in [0.25, 0.3) is 0 Å².